The molecule has 2 aliphatic rings. The van der Waals surface area contributed by atoms with E-state index in [2.05, 4.69) is 57.5 Å². The highest BCUT2D eigenvalue weighted by molar-refractivity contribution is 6.01. The van der Waals surface area contributed by atoms with Crippen LogP contribution in [0.3, 0.4) is 0 Å². The lowest BCUT2D eigenvalue weighted by atomic mass is 9.87. The minimum absolute atomic E-state index is 0.115. The lowest BCUT2D eigenvalue weighted by Gasteiger charge is -2.39. The molecule has 2 fully saturated rings. The Labute approximate surface area is 195 Å². The van der Waals surface area contributed by atoms with Crippen LogP contribution < -0.4 is 10.2 Å². The molecule has 2 unspecified atom stereocenters. The number of hydrogen-bond donors (Lipinski definition) is 1. The molecule has 1 aromatic heterocycles. The van der Waals surface area contributed by atoms with Gasteiger partial charge in [0.05, 0.1) is 23.0 Å². The van der Waals surface area contributed by atoms with Crippen LogP contribution in [0.1, 0.15) is 60.3 Å². The molecular weight excluding hydrogens is 412 g/mol. The van der Waals surface area contributed by atoms with E-state index >= 15 is 0 Å². The highest BCUT2D eigenvalue weighted by Gasteiger charge is 2.33. The predicted molar refractivity (Wildman–Crippen MR) is 131 cm³/mol. The van der Waals surface area contributed by atoms with Gasteiger partial charge < -0.3 is 19.6 Å². The summed E-state index contributed by atoms with van der Waals surface area (Å²) in [5.74, 6) is 1.34. The number of nitrogens with one attached hydrogen (secondary N) is 1. The Morgan fingerprint density at radius 1 is 1.06 bits per heavy atom. The molecule has 6 heteroatoms. The number of nitrogens with zero attached hydrogens (tertiary/aromatic N) is 3. The number of carbonyl (C=O) groups excluding carboxylic acids is 1. The molecule has 33 heavy (non-hydrogen) atoms. The topological polar surface area (TPSA) is 61.6 Å². The number of anilines is 3. The molecule has 0 radical (unpaired) electrons. The first-order chi connectivity index (χ1) is 16.1. The van der Waals surface area contributed by atoms with Gasteiger partial charge in [0.25, 0.3) is 5.91 Å². The molecule has 3 aromatic rings. The fourth-order valence-electron chi connectivity index (χ4n) is 5.11. The van der Waals surface area contributed by atoms with E-state index in [1.807, 2.05) is 31.2 Å². The third-order valence-electron chi connectivity index (χ3n) is 6.88. The maximum absolute atomic E-state index is 14.0. The Bertz CT molecular complexity index is 1100. The van der Waals surface area contributed by atoms with Gasteiger partial charge in [0, 0.05) is 31.4 Å². The van der Waals surface area contributed by atoms with Crippen LogP contribution in [0.5, 0.6) is 0 Å². The molecule has 172 valence electrons. The summed E-state index contributed by atoms with van der Waals surface area (Å²) in [6.45, 7) is 6.93. The number of piperidine rings is 1. The lowest BCUT2D eigenvalue weighted by Crippen LogP contribution is -2.41. The van der Waals surface area contributed by atoms with E-state index < -0.39 is 0 Å². The van der Waals surface area contributed by atoms with Crippen molar-refractivity contribution in [1.29, 1.82) is 0 Å². The molecule has 2 atom stereocenters. The van der Waals surface area contributed by atoms with Crippen molar-refractivity contribution in [3.05, 3.63) is 71.4 Å². The number of aryl methyl sites for hydroxylation is 1. The molecule has 0 saturated carbocycles. The zero-order valence-electron chi connectivity index (χ0n) is 19.5. The molecule has 1 amide bonds. The first-order valence-electron chi connectivity index (χ1n) is 12.0. The second-order valence-electron chi connectivity index (χ2n) is 9.44. The second kappa shape index (κ2) is 9.30. The maximum atomic E-state index is 14.0. The van der Waals surface area contributed by atoms with Crippen molar-refractivity contribution in [2.24, 2.45) is 5.92 Å². The summed E-state index contributed by atoms with van der Waals surface area (Å²) < 4.78 is 5.33. The van der Waals surface area contributed by atoms with Gasteiger partial charge >= 0.3 is 0 Å². The predicted octanol–water partition coefficient (Wildman–Crippen LogP) is 5.94. The van der Waals surface area contributed by atoms with Gasteiger partial charge in [0.15, 0.2) is 0 Å². The number of amides is 1. The summed E-state index contributed by atoms with van der Waals surface area (Å²) in [6, 6.07) is 18.5. The minimum atomic E-state index is 0.115. The molecule has 0 bridgehead atoms. The molecule has 0 aliphatic carbocycles. The van der Waals surface area contributed by atoms with Gasteiger partial charge in [-0.3, -0.25) is 4.79 Å². The van der Waals surface area contributed by atoms with Crippen LogP contribution in [0, 0.1) is 12.8 Å². The molecule has 6 nitrogen and oxygen atoms in total. The summed E-state index contributed by atoms with van der Waals surface area (Å²) >= 11 is 0. The van der Waals surface area contributed by atoms with E-state index in [-0.39, 0.29) is 11.9 Å². The Morgan fingerprint density at radius 3 is 2.58 bits per heavy atom. The highest BCUT2D eigenvalue weighted by atomic mass is 16.5. The molecule has 2 saturated heterocycles. The van der Waals surface area contributed by atoms with Crippen molar-refractivity contribution >= 4 is 23.2 Å². The van der Waals surface area contributed by atoms with Crippen molar-refractivity contribution in [3.63, 3.8) is 0 Å². The zero-order chi connectivity index (χ0) is 22.8. The smallest absolute Gasteiger partial charge is 0.256 e. The van der Waals surface area contributed by atoms with Crippen molar-refractivity contribution < 1.29 is 9.32 Å². The number of rotatable bonds is 5. The van der Waals surface area contributed by atoms with Crippen LogP contribution in [-0.4, -0.2) is 35.6 Å². The second-order valence-corrected chi connectivity index (χ2v) is 9.44. The first-order valence-corrected chi connectivity index (χ1v) is 12.0. The fourth-order valence-corrected chi connectivity index (χ4v) is 5.11. The third kappa shape index (κ3) is 4.61. The lowest BCUT2D eigenvalue weighted by molar-refractivity contribution is 0.0559. The average Bonchev–Trinajstić information content (AvgIpc) is 3.51. The molecule has 1 N–H and O–H groups in total. The van der Waals surface area contributed by atoms with Gasteiger partial charge in [-0.2, -0.15) is 0 Å². The summed E-state index contributed by atoms with van der Waals surface area (Å²) in [7, 11) is 0. The minimum Gasteiger partial charge on any atom is -0.371 e. The zero-order valence-corrected chi connectivity index (χ0v) is 19.5. The van der Waals surface area contributed by atoms with Crippen molar-refractivity contribution in [1.82, 2.24) is 10.1 Å². The van der Waals surface area contributed by atoms with E-state index in [0.29, 0.717) is 11.8 Å². The van der Waals surface area contributed by atoms with Crippen LogP contribution >= 0.6 is 0 Å². The Morgan fingerprint density at radius 2 is 1.85 bits per heavy atom. The number of aromatic nitrogens is 1. The van der Waals surface area contributed by atoms with E-state index in [1.54, 1.807) is 0 Å². The molecule has 3 heterocycles. The standard InChI is InChI=1S/C27H32N4O2/c1-19-12-15-31(24(16-19)21-8-4-3-5-9-21)27(32)23-11-10-22(28-26-17-20(2)29-33-26)18-25(23)30-13-6-7-14-30/h3-5,8-11,17-19,24,28H,6-7,12-16H2,1-2H3. The number of hydrogen-bond acceptors (Lipinski definition) is 5. The van der Waals surface area contributed by atoms with Crippen molar-refractivity contribution in [2.45, 2.75) is 45.6 Å². The van der Waals surface area contributed by atoms with Crippen LogP contribution in [0.15, 0.2) is 59.1 Å². The monoisotopic (exact) mass is 444 g/mol. The summed E-state index contributed by atoms with van der Waals surface area (Å²) in [5.41, 5.74) is 4.74. The Hall–Kier alpha value is -3.28. The van der Waals surface area contributed by atoms with Gasteiger partial charge in [-0.1, -0.05) is 42.4 Å². The largest absolute Gasteiger partial charge is 0.371 e. The molecular formula is C27H32N4O2. The molecule has 5 rings (SSSR count). The Kier molecular flexibility index (Phi) is 6.07. The van der Waals surface area contributed by atoms with Gasteiger partial charge in [-0.15, -0.1) is 0 Å². The molecule has 2 aliphatic heterocycles. The average molecular weight is 445 g/mol. The third-order valence-corrected chi connectivity index (χ3v) is 6.88. The van der Waals surface area contributed by atoms with E-state index in [9.17, 15) is 4.79 Å². The summed E-state index contributed by atoms with van der Waals surface area (Å²) in [5, 5.41) is 7.25. The highest BCUT2D eigenvalue weighted by Crippen LogP contribution is 2.37. The van der Waals surface area contributed by atoms with Crippen LogP contribution in [0.4, 0.5) is 17.3 Å². The molecule has 0 spiro atoms. The van der Waals surface area contributed by atoms with E-state index in [0.717, 1.165) is 67.9 Å². The fraction of sp³-hybridized carbons (Fsp3) is 0.407. The van der Waals surface area contributed by atoms with Gasteiger partial charge in [0.2, 0.25) is 5.88 Å². The quantitative estimate of drug-likeness (QED) is 0.528. The molecule has 2 aromatic carbocycles. The van der Waals surface area contributed by atoms with Gasteiger partial charge in [0.1, 0.15) is 0 Å². The van der Waals surface area contributed by atoms with Crippen molar-refractivity contribution in [2.75, 3.05) is 29.9 Å². The maximum Gasteiger partial charge on any atom is 0.256 e. The van der Waals surface area contributed by atoms with Crippen LogP contribution in [0.2, 0.25) is 0 Å². The van der Waals surface area contributed by atoms with Gasteiger partial charge in [-0.05, 0) is 62.3 Å². The van der Waals surface area contributed by atoms with Crippen LogP contribution in [-0.2, 0) is 0 Å². The van der Waals surface area contributed by atoms with E-state index in [1.165, 1.54) is 5.56 Å². The number of carbonyl (C=O) groups is 1. The van der Waals surface area contributed by atoms with Crippen molar-refractivity contribution in [3.8, 4) is 0 Å². The first kappa shape index (κ1) is 21.6. The summed E-state index contributed by atoms with van der Waals surface area (Å²) in [6.07, 6.45) is 4.35. The normalized spacial score (nSPS) is 20.8. The summed E-state index contributed by atoms with van der Waals surface area (Å²) in [4.78, 5) is 18.4. The van der Waals surface area contributed by atoms with Gasteiger partial charge in [-0.25, -0.2) is 0 Å². The van der Waals surface area contributed by atoms with E-state index in [4.69, 9.17) is 4.52 Å². The van der Waals surface area contributed by atoms with Crippen LogP contribution in [0.25, 0.3) is 0 Å². The Balaban J connectivity index is 1.48. The number of benzene rings is 2. The number of likely N-dealkylation sites (tertiary alicyclic amines) is 1. The SMILES string of the molecule is Cc1cc(Nc2ccc(C(=O)N3CCC(C)CC3c3ccccc3)c(N3CCCC3)c2)on1.